The first kappa shape index (κ1) is 22.0. The molecule has 3 aromatic rings. The molecule has 2 heterocycles. The van der Waals surface area contributed by atoms with Gasteiger partial charge in [-0.05, 0) is 55.7 Å². The minimum Gasteiger partial charge on any atom is -0.454 e. The molecule has 0 spiro atoms. The summed E-state index contributed by atoms with van der Waals surface area (Å²) in [4.78, 5) is 25.2. The van der Waals surface area contributed by atoms with E-state index in [4.69, 9.17) is 9.47 Å². The van der Waals surface area contributed by atoms with Crippen LogP contribution in [0.4, 0.5) is 11.4 Å². The van der Waals surface area contributed by atoms with E-state index in [1.165, 1.54) is 47.6 Å². The Labute approximate surface area is 197 Å². The summed E-state index contributed by atoms with van der Waals surface area (Å²) >= 11 is 0. The van der Waals surface area contributed by atoms with Crippen LogP contribution >= 0.6 is 0 Å². The van der Waals surface area contributed by atoms with Crippen molar-refractivity contribution in [2.24, 2.45) is 0 Å². The number of sulfonamides is 1. The fourth-order valence-corrected chi connectivity index (χ4v) is 5.79. The van der Waals surface area contributed by atoms with Crippen molar-refractivity contribution in [2.75, 3.05) is 23.0 Å². The summed E-state index contributed by atoms with van der Waals surface area (Å²) < 4.78 is 39.0. The Morgan fingerprint density at radius 1 is 0.971 bits per heavy atom. The molecule has 0 bridgehead atoms. The zero-order valence-corrected chi connectivity index (χ0v) is 19.2. The number of carbonyl (C=O) groups is 2. The molecule has 0 saturated carbocycles. The molecule has 5 rings (SSSR count). The monoisotopic (exact) mass is 478 g/mol. The number of aryl methyl sites for hydroxylation is 1. The van der Waals surface area contributed by atoms with E-state index < -0.39 is 15.9 Å². The number of nitrogens with one attached hydrogen (secondary N) is 1. The molecule has 8 nitrogen and oxygen atoms in total. The second-order valence-electron chi connectivity index (χ2n) is 8.10. The molecule has 0 unspecified atom stereocenters. The standard InChI is InChI=1S/C25H22N2O6S/c1-16(28)20-13-23-24(33-15-32-23)14-21(20)26-25(29)18-7-4-9-19(12-18)34(30,31)27-11-5-8-17-6-2-3-10-22(17)27/h2-4,6-7,9-10,12-14H,5,8,11,15H2,1H3,(H,26,29). The number of carbonyl (C=O) groups excluding carboxylic acids is 2. The molecular formula is C25H22N2O6S. The van der Waals surface area contributed by atoms with Crippen LogP contribution < -0.4 is 19.1 Å². The normalized spacial score (nSPS) is 14.4. The minimum atomic E-state index is -3.87. The highest BCUT2D eigenvalue weighted by Crippen LogP contribution is 2.37. The Kier molecular flexibility index (Phi) is 5.49. The summed E-state index contributed by atoms with van der Waals surface area (Å²) in [7, 11) is -3.87. The topological polar surface area (TPSA) is 102 Å². The third-order valence-corrected chi connectivity index (χ3v) is 7.70. The summed E-state index contributed by atoms with van der Waals surface area (Å²) in [5.74, 6) is 0.0460. The van der Waals surface area contributed by atoms with Gasteiger partial charge in [0.2, 0.25) is 6.79 Å². The Hall–Kier alpha value is -3.85. The Morgan fingerprint density at radius 2 is 1.74 bits per heavy atom. The Balaban J connectivity index is 1.45. The first-order valence-electron chi connectivity index (χ1n) is 10.8. The van der Waals surface area contributed by atoms with Crippen LogP contribution in [0.1, 0.15) is 39.6 Å². The second-order valence-corrected chi connectivity index (χ2v) is 9.96. The Bertz CT molecular complexity index is 1420. The largest absolute Gasteiger partial charge is 0.454 e. The van der Waals surface area contributed by atoms with Crippen molar-refractivity contribution >= 4 is 33.1 Å². The third kappa shape index (κ3) is 3.88. The van der Waals surface area contributed by atoms with E-state index in [1.807, 2.05) is 18.2 Å². The summed E-state index contributed by atoms with van der Waals surface area (Å²) in [5.41, 5.74) is 2.32. The number of hydrogen-bond donors (Lipinski definition) is 1. The number of Topliss-reactive ketones (excluding diaryl/α,β-unsaturated/α-hetero) is 1. The molecule has 3 aromatic carbocycles. The van der Waals surface area contributed by atoms with Crippen LogP contribution in [0.25, 0.3) is 0 Å². The van der Waals surface area contributed by atoms with Crippen LogP contribution in [0.3, 0.4) is 0 Å². The number of para-hydroxylation sites is 1. The van der Waals surface area contributed by atoms with Crippen molar-refractivity contribution in [3.8, 4) is 11.5 Å². The fraction of sp³-hybridized carbons (Fsp3) is 0.200. The highest BCUT2D eigenvalue weighted by atomic mass is 32.2. The smallest absolute Gasteiger partial charge is 0.264 e. The predicted octanol–water partition coefficient (Wildman–Crippen LogP) is 4.01. The van der Waals surface area contributed by atoms with E-state index in [-0.39, 0.29) is 34.3 Å². The van der Waals surface area contributed by atoms with E-state index in [0.29, 0.717) is 30.2 Å². The number of benzene rings is 3. The van der Waals surface area contributed by atoms with Gasteiger partial charge in [-0.1, -0.05) is 24.3 Å². The van der Waals surface area contributed by atoms with Gasteiger partial charge in [-0.3, -0.25) is 13.9 Å². The number of amides is 1. The zero-order valence-electron chi connectivity index (χ0n) is 18.4. The molecule has 1 N–H and O–H groups in total. The molecule has 0 atom stereocenters. The van der Waals surface area contributed by atoms with Crippen molar-refractivity contribution in [3.63, 3.8) is 0 Å². The Morgan fingerprint density at radius 3 is 2.53 bits per heavy atom. The average molecular weight is 479 g/mol. The van der Waals surface area contributed by atoms with Crippen molar-refractivity contribution in [1.29, 1.82) is 0 Å². The molecular weight excluding hydrogens is 456 g/mol. The molecule has 0 aliphatic carbocycles. The van der Waals surface area contributed by atoms with Crippen molar-refractivity contribution in [3.05, 3.63) is 77.4 Å². The van der Waals surface area contributed by atoms with Gasteiger partial charge in [0.1, 0.15) is 0 Å². The number of nitrogens with zero attached hydrogens (tertiary/aromatic N) is 1. The number of anilines is 2. The van der Waals surface area contributed by atoms with Gasteiger partial charge < -0.3 is 14.8 Å². The van der Waals surface area contributed by atoms with Crippen LogP contribution in [-0.4, -0.2) is 33.4 Å². The number of rotatable bonds is 5. The molecule has 0 fully saturated rings. The molecule has 2 aliphatic rings. The SMILES string of the molecule is CC(=O)c1cc2c(cc1NC(=O)c1cccc(S(=O)(=O)N3CCCc4ccccc43)c1)OCO2. The van der Waals surface area contributed by atoms with Gasteiger partial charge in [-0.15, -0.1) is 0 Å². The van der Waals surface area contributed by atoms with E-state index in [1.54, 1.807) is 6.07 Å². The van der Waals surface area contributed by atoms with Crippen LogP contribution in [0.5, 0.6) is 11.5 Å². The van der Waals surface area contributed by atoms with Gasteiger partial charge >= 0.3 is 0 Å². The summed E-state index contributed by atoms with van der Waals surface area (Å²) in [6, 6.07) is 16.4. The molecule has 0 aromatic heterocycles. The summed E-state index contributed by atoms with van der Waals surface area (Å²) in [6.45, 7) is 1.79. The van der Waals surface area contributed by atoms with Crippen molar-refractivity contribution in [2.45, 2.75) is 24.7 Å². The van der Waals surface area contributed by atoms with E-state index >= 15 is 0 Å². The average Bonchev–Trinajstić information content (AvgIpc) is 3.30. The first-order chi connectivity index (χ1) is 16.3. The van der Waals surface area contributed by atoms with Gasteiger partial charge in [0.15, 0.2) is 17.3 Å². The van der Waals surface area contributed by atoms with E-state index in [9.17, 15) is 18.0 Å². The van der Waals surface area contributed by atoms with Gasteiger partial charge in [0.25, 0.3) is 15.9 Å². The maximum atomic E-state index is 13.5. The summed E-state index contributed by atoms with van der Waals surface area (Å²) in [5, 5.41) is 2.71. The van der Waals surface area contributed by atoms with Crippen LogP contribution in [0.15, 0.2) is 65.6 Å². The van der Waals surface area contributed by atoms with Crippen molar-refractivity contribution in [1.82, 2.24) is 0 Å². The molecule has 9 heteroatoms. The quantitative estimate of drug-likeness (QED) is 0.556. The van der Waals surface area contributed by atoms with E-state index in [2.05, 4.69) is 5.32 Å². The minimum absolute atomic E-state index is 0.0225. The number of hydrogen-bond acceptors (Lipinski definition) is 6. The molecule has 2 aliphatic heterocycles. The predicted molar refractivity (Wildman–Crippen MR) is 126 cm³/mol. The number of ether oxygens (including phenoxy) is 2. The van der Waals surface area contributed by atoms with Gasteiger partial charge in [0.05, 0.1) is 16.3 Å². The lowest BCUT2D eigenvalue weighted by Crippen LogP contribution is -2.35. The van der Waals surface area contributed by atoms with Gasteiger partial charge in [-0.25, -0.2) is 8.42 Å². The maximum Gasteiger partial charge on any atom is 0.264 e. The second kappa shape index (κ2) is 8.49. The number of ketones is 1. The zero-order chi connectivity index (χ0) is 23.9. The molecule has 0 saturated heterocycles. The molecule has 34 heavy (non-hydrogen) atoms. The highest BCUT2D eigenvalue weighted by Gasteiger charge is 2.29. The molecule has 174 valence electrons. The lowest BCUT2D eigenvalue weighted by molar-refractivity contribution is 0.101. The van der Waals surface area contributed by atoms with Crippen LogP contribution in [-0.2, 0) is 16.4 Å². The summed E-state index contributed by atoms with van der Waals surface area (Å²) in [6.07, 6.45) is 1.53. The maximum absolute atomic E-state index is 13.5. The highest BCUT2D eigenvalue weighted by molar-refractivity contribution is 7.92. The fourth-order valence-electron chi connectivity index (χ4n) is 4.20. The van der Waals surface area contributed by atoms with E-state index in [0.717, 1.165) is 12.0 Å². The van der Waals surface area contributed by atoms with Gasteiger partial charge in [0, 0.05) is 23.7 Å². The lowest BCUT2D eigenvalue weighted by Gasteiger charge is -2.30. The molecule has 1 amide bonds. The van der Waals surface area contributed by atoms with Crippen LogP contribution in [0.2, 0.25) is 0 Å². The third-order valence-electron chi connectivity index (χ3n) is 5.89. The first-order valence-corrected chi connectivity index (χ1v) is 12.3. The van der Waals surface area contributed by atoms with Crippen molar-refractivity contribution < 1.29 is 27.5 Å². The lowest BCUT2D eigenvalue weighted by atomic mass is 10.0. The van der Waals surface area contributed by atoms with Crippen LogP contribution in [0, 0.1) is 0 Å². The molecule has 0 radical (unpaired) electrons. The number of fused-ring (bicyclic) bond motifs is 2. The van der Waals surface area contributed by atoms with Gasteiger partial charge in [-0.2, -0.15) is 0 Å².